The fourth-order valence-corrected chi connectivity index (χ4v) is 2.10. The zero-order valence-electron chi connectivity index (χ0n) is 8.90. The second-order valence-corrected chi connectivity index (χ2v) is 5.29. The minimum Gasteiger partial charge on any atom is -0.298 e. The first-order chi connectivity index (χ1) is 7.06. The van der Waals surface area contributed by atoms with E-state index in [-0.39, 0.29) is 5.15 Å². The molecule has 0 saturated carbocycles. The van der Waals surface area contributed by atoms with Crippen LogP contribution in [0.5, 0.6) is 0 Å². The number of carbonyl (C=O) groups is 1. The van der Waals surface area contributed by atoms with Gasteiger partial charge in [0.05, 0.1) is 5.56 Å². The highest BCUT2D eigenvalue weighted by molar-refractivity contribution is 7.99. The monoisotopic (exact) mass is 244 g/mol. The van der Waals surface area contributed by atoms with Crippen molar-refractivity contribution in [2.24, 2.45) is 5.92 Å². The van der Waals surface area contributed by atoms with Crippen molar-refractivity contribution in [3.05, 3.63) is 17.0 Å². The highest BCUT2D eigenvalue weighted by Crippen LogP contribution is 2.29. The van der Waals surface area contributed by atoms with Crippen molar-refractivity contribution in [2.75, 3.05) is 0 Å². The van der Waals surface area contributed by atoms with Gasteiger partial charge in [-0.25, -0.2) is 9.97 Å². The molecule has 0 saturated heterocycles. The SMILES string of the molecule is CC(C)C(C)Sc1ncnc(Cl)c1C=O. The molecular weight excluding hydrogens is 232 g/mol. The zero-order valence-corrected chi connectivity index (χ0v) is 10.5. The maximum absolute atomic E-state index is 10.8. The lowest BCUT2D eigenvalue weighted by atomic mass is 10.2. The summed E-state index contributed by atoms with van der Waals surface area (Å²) >= 11 is 7.35. The fourth-order valence-electron chi connectivity index (χ4n) is 0.864. The number of carbonyl (C=O) groups excluding carboxylic acids is 1. The van der Waals surface area contributed by atoms with E-state index in [1.54, 1.807) is 11.8 Å². The molecule has 0 spiro atoms. The Morgan fingerprint density at radius 1 is 1.40 bits per heavy atom. The summed E-state index contributed by atoms with van der Waals surface area (Å²) in [6.45, 7) is 6.35. The van der Waals surface area contributed by atoms with Crippen LogP contribution in [0.4, 0.5) is 0 Å². The third-order valence-corrected chi connectivity index (χ3v) is 3.92. The summed E-state index contributed by atoms with van der Waals surface area (Å²) in [4.78, 5) is 18.7. The largest absolute Gasteiger partial charge is 0.298 e. The van der Waals surface area contributed by atoms with Crippen molar-refractivity contribution in [3.8, 4) is 0 Å². The molecule has 0 aromatic carbocycles. The Bertz CT molecular complexity index is 357. The smallest absolute Gasteiger partial charge is 0.155 e. The van der Waals surface area contributed by atoms with Gasteiger partial charge in [-0.05, 0) is 5.92 Å². The Morgan fingerprint density at radius 2 is 2.07 bits per heavy atom. The van der Waals surface area contributed by atoms with Crippen LogP contribution in [0, 0.1) is 5.92 Å². The van der Waals surface area contributed by atoms with Crippen LogP contribution in [0.1, 0.15) is 31.1 Å². The summed E-state index contributed by atoms with van der Waals surface area (Å²) in [6, 6.07) is 0. The lowest BCUT2D eigenvalue weighted by Crippen LogP contribution is -2.07. The third-order valence-electron chi connectivity index (χ3n) is 2.15. The van der Waals surface area contributed by atoms with Gasteiger partial charge in [-0.1, -0.05) is 32.4 Å². The van der Waals surface area contributed by atoms with Crippen molar-refractivity contribution in [2.45, 2.75) is 31.0 Å². The molecule has 0 aliphatic carbocycles. The van der Waals surface area contributed by atoms with Gasteiger partial charge in [-0.15, -0.1) is 11.8 Å². The maximum Gasteiger partial charge on any atom is 0.155 e. The van der Waals surface area contributed by atoms with Gasteiger partial charge in [-0.3, -0.25) is 4.79 Å². The van der Waals surface area contributed by atoms with E-state index >= 15 is 0 Å². The minimum absolute atomic E-state index is 0.221. The standard InChI is InChI=1S/C10H13ClN2OS/c1-6(2)7(3)15-10-8(4-14)9(11)12-5-13-10/h4-7H,1-3H3. The van der Waals surface area contributed by atoms with Crippen molar-refractivity contribution < 1.29 is 4.79 Å². The van der Waals surface area contributed by atoms with Crippen LogP contribution in [0.2, 0.25) is 5.15 Å². The first-order valence-electron chi connectivity index (χ1n) is 4.68. The first-order valence-corrected chi connectivity index (χ1v) is 5.94. The second kappa shape index (κ2) is 5.47. The Kier molecular flexibility index (Phi) is 4.54. The molecule has 5 heteroatoms. The fraction of sp³-hybridized carbons (Fsp3) is 0.500. The van der Waals surface area contributed by atoms with Crippen LogP contribution >= 0.6 is 23.4 Å². The molecule has 1 rings (SSSR count). The van der Waals surface area contributed by atoms with Crippen LogP contribution in [0.15, 0.2) is 11.4 Å². The topological polar surface area (TPSA) is 42.9 Å². The van der Waals surface area contributed by atoms with Gasteiger partial charge in [0, 0.05) is 5.25 Å². The molecule has 1 aromatic rings. The predicted molar refractivity (Wildman–Crippen MR) is 62.6 cm³/mol. The highest BCUT2D eigenvalue weighted by Gasteiger charge is 2.15. The van der Waals surface area contributed by atoms with Gasteiger partial charge >= 0.3 is 0 Å². The molecule has 82 valence electrons. The van der Waals surface area contributed by atoms with Crippen molar-refractivity contribution in [1.29, 1.82) is 0 Å². The lowest BCUT2D eigenvalue weighted by Gasteiger charge is -2.14. The maximum atomic E-state index is 10.8. The normalized spacial score (nSPS) is 12.9. The number of aromatic nitrogens is 2. The van der Waals surface area contributed by atoms with Gasteiger partial charge in [0.1, 0.15) is 16.5 Å². The molecule has 15 heavy (non-hydrogen) atoms. The summed E-state index contributed by atoms with van der Waals surface area (Å²) in [5, 5.41) is 1.26. The molecule has 0 N–H and O–H groups in total. The van der Waals surface area contributed by atoms with Gasteiger partial charge < -0.3 is 0 Å². The second-order valence-electron chi connectivity index (χ2n) is 3.57. The summed E-state index contributed by atoms with van der Waals surface area (Å²) in [6.07, 6.45) is 2.09. The number of hydrogen-bond donors (Lipinski definition) is 0. The Hall–Kier alpha value is -0.610. The van der Waals surface area contributed by atoms with Gasteiger partial charge in [0.2, 0.25) is 0 Å². The third kappa shape index (κ3) is 3.18. The number of halogens is 1. The summed E-state index contributed by atoms with van der Waals surface area (Å²) in [7, 11) is 0. The molecule has 0 radical (unpaired) electrons. The molecular formula is C10H13ClN2OS. The van der Waals surface area contributed by atoms with E-state index in [2.05, 4.69) is 30.7 Å². The van der Waals surface area contributed by atoms with E-state index in [0.29, 0.717) is 28.0 Å². The molecule has 0 bridgehead atoms. The Morgan fingerprint density at radius 3 is 2.60 bits per heavy atom. The van der Waals surface area contributed by atoms with Gasteiger partial charge in [0.25, 0.3) is 0 Å². The number of aldehydes is 1. The van der Waals surface area contributed by atoms with E-state index in [1.807, 2.05) is 0 Å². The van der Waals surface area contributed by atoms with Crippen LogP contribution in [-0.4, -0.2) is 21.5 Å². The Balaban J connectivity index is 2.94. The van der Waals surface area contributed by atoms with Gasteiger partial charge in [0.15, 0.2) is 6.29 Å². The van der Waals surface area contributed by atoms with Gasteiger partial charge in [-0.2, -0.15) is 0 Å². The zero-order chi connectivity index (χ0) is 11.4. The first kappa shape index (κ1) is 12.5. The van der Waals surface area contributed by atoms with Crippen LogP contribution in [0.25, 0.3) is 0 Å². The molecule has 1 unspecified atom stereocenters. The van der Waals surface area contributed by atoms with Crippen molar-refractivity contribution >= 4 is 29.6 Å². The van der Waals surface area contributed by atoms with Crippen LogP contribution in [-0.2, 0) is 0 Å². The summed E-state index contributed by atoms with van der Waals surface area (Å²) in [5.74, 6) is 0.517. The number of thioether (sulfide) groups is 1. The quantitative estimate of drug-likeness (QED) is 0.464. The predicted octanol–water partition coefficient (Wildman–Crippen LogP) is 3.08. The Labute approximate surface area is 98.6 Å². The van der Waals surface area contributed by atoms with E-state index in [1.165, 1.54) is 6.33 Å². The van der Waals surface area contributed by atoms with E-state index in [9.17, 15) is 4.79 Å². The molecule has 0 amide bonds. The van der Waals surface area contributed by atoms with E-state index < -0.39 is 0 Å². The highest BCUT2D eigenvalue weighted by atomic mass is 35.5. The number of nitrogens with zero attached hydrogens (tertiary/aromatic N) is 2. The number of hydrogen-bond acceptors (Lipinski definition) is 4. The minimum atomic E-state index is 0.221. The van der Waals surface area contributed by atoms with Crippen molar-refractivity contribution in [1.82, 2.24) is 9.97 Å². The summed E-state index contributed by atoms with van der Waals surface area (Å²) < 4.78 is 0. The molecule has 1 heterocycles. The molecule has 1 aromatic heterocycles. The van der Waals surface area contributed by atoms with Crippen molar-refractivity contribution in [3.63, 3.8) is 0 Å². The average molecular weight is 245 g/mol. The van der Waals surface area contributed by atoms with Crippen LogP contribution in [0.3, 0.4) is 0 Å². The molecule has 3 nitrogen and oxygen atoms in total. The van der Waals surface area contributed by atoms with Crippen LogP contribution < -0.4 is 0 Å². The average Bonchev–Trinajstić information content (AvgIpc) is 2.18. The lowest BCUT2D eigenvalue weighted by molar-refractivity contribution is 0.112. The van der Waals surface area contributed by atoms with E-state index in [0.717, 1.165) is 0 Å². The number of rotatable bonds is 4. The molecule has 0 aliphatic rings. The molecule has 0 fully saturated rings. The summed E-state index contributed by atoms with van der Waals surface area (Å²) in [5.41, 5.74) is 0.386. The van der Waals surface area contributed by atoms with E-state index in [4.69, 9.17) is 11.6 Å². The molecule has 0 aliphatic heterocycles. The molecule has 1 atom stereocenters.